The van der Waals surface area contributed by atoms with Crippen LogP contribution >= 0.6 is 0 Å². The van der Waals surface area contributed by atoms with Crippen molar-refractivity contribution in [2.45, 2.75) is 58.7 Å². The number of aliphatic hydroxyl groups is 1. The zero-order valence-electron chi connectivity index (χ0n) is 11.9. The number of rotatable bonds is 4. The maximum Gasteiger partial charge on any atom is 0.0737 e. The fourth-order valence-electron chi connectivity index (χ4n) is 3.10. The Morgan fingerprint density at radius 1 is 1.22 bits per heavy atom. The minimum absolute atomic E-state index is 0.256. The van der Waals surface area contributed by atoms with Gasteiger partial charge < -0.3 is 9.84 Å². The van der Waals surface area contributed by atoms with Crippen LogP contribution < -0.4 is 0 Å². The van der Waals surface area contributed by atoms with Gasteiger partial charge in [-0.25, -0.2) is 0 Å². The van der Waals surface area contributed by atoms with Crippen LogP contribution in [0.3, 0.4) is 0 Å². The molecular weight excluding hydrogens is 224 g/mol. The molecule has 0 atom stereocenters. The lowest BCUT2D eigenvalue weighted by Crippen LogP contribution is -2.50. The average molecular weight is 248 g/mol. The van der Waals surface area contributed by atoms with E-state index in [2.05, 4.69) is 32.9 Å². The molecule has 0 radical (unpaired) electrons. The molecule has 0 spiro atoms. The summed E-state index contributed by atoms with van der Waals surface area (Å²) in [5.74, 6) is 0. The van der Waals surface area contributed by atoms with Crippen molar-refractivity contribution < 1.29 is 9.84 Å². The quantitative estimate of drug-likeness (QED) is 0.887. The Kier molecular flexibility index (Phi) is 3.79. The number of hydrogen-bond donors (Lipinski definition) is 1. The van der Waals surface area contributed by atoms with E-state index >= 15 is 0 Å². The molecular formula is C16H24O2. The van der Waals surface area contributed by atoms with Gasteiger partial charge in [-0.05, 0) is 44.4 Å². The van der Waals surface area contributed by atoms with Crippen molar-refractivity contribution in [3.63, 3.8) is 0 Å². The summed E-state index contributed by atoms with van der Waals surface area (Å²) < 4.78 is 5.53. The predicted molar refractivity (Wildman–Crippen MR) is 74.0 cm³/mol. The van der Waals surface area contributed by atoms with E-state index in [1.165, 1.54) is 22.3 Å². The molecule has 0 aliphatic heterocycles. The van der Waals surface area contributed by atoms with E-state index in [0.29, 0.717) is 0 Å². The van der Waals surface area contributed by atoms with E-state index in [0.717, 1.165) is 25.9 Å². The molecule has 1 aliphatic carbocycles. The normalized spacial score (nSPS) is 27.1. The van der Waals surface area contributed by atoms with Crippen LogP contribution in [0.2, 0.25) is 0 Å². The lowest BCUT2D eigenvalue weighted by Gasteiger charge is -2.43. The zero-order chi connectivity index (χ0) is 13.3. The van der Waals surface area contributed by atoms with E-state index in [1.54, 1.807) is 0 Å². The minimum atomic E-state index is -0.551. The van der Waals surface area contributed by atoms with Gasteiger partial charge in [-0.3, -0.25) is 0 Å². The number of ether oxygens (including phenoxy) is 1. The van der Waals surface area contributed by atoms with Crippen LogP contribution in [0.5, 0.6) is 0 Å². The maximum atomic E-state index is 10.5. The first kappa shape index (κ1) is 13.6. The summed E-state index contributed by atoms with van der Waals surface area (Å²) in [7, 11) is 0. The predicted octanol–water partition coefficient (Wildman–Crippen LogP) is 3.08. The van der Waals surface area contributed by atoms with Gasteiger partial charge in [-0.15, -0.1) is 0 Å². The summed E-state index contributed by atoms with van der Waals surface area (Å²) in [6.45, 7) is 9.14. The van der Waals surface area contributed by atoms with Crippen LogP contribution in [0.25, 0.3) is 0 Å². The van der Waals surface area contributed by atoms with Crippen molar-refractivity contribution in [2.75, 3.05) is 6.61 Å². The summed E-state index contributed by atoms with van der Waals surface area (Å²) in [5.41, 5.74) is 4.63. The first-order valence-corrected chi connectivity index (χ1v) is 6.84. The van der Waals surface area contributed by atoms with Crippen LogP contribution in [-0.4, -0.2) is 23.4 Å². The Bertz CT molecular complexity index is 408. The highest BCUT2D eigenvalue weighted by Crippen LogP contribution is 2.38. The lowest BCUT2D eigenvalue weighted by atomic mass is 9.72. The molecule has 100 valence electrons. The Morgan fingerprint density at radius 3 is 2.28 bits per heavy atom. The van der Waals surface area contributed by atoms with Gasteiger partial charge in [0.05, 0.1) is 11.7 Å². The van der Waals surface area contributed by atoms with Crippen LogP contribution in [0.1, 0.15) is 42.0 Å². The van der Waals surface area contributed by atoms with Gasteiger partial charge in [0.15, 0.2) is 0 Å². The molecule has 1 aliphatic rings. The highest BCUT2D eigenvalue weighted by Gasteiger charge is 2.43. The second-order valence-corrected chi connectivity index (χ2v) is 5.76. The molecule has 2 nitrogen and oxygen atoms in total. The Morgan fingerprint density at radius 2 is 1.78 bits per heavy atom. The van der Waals surface area contributed by atoms with E-state index in [9.17, 15) is 5.11 Å². The average Bonchev–Trinajstić information content (AvgIpc) is 2.21. The van der Waals surface area contributed by atoms with E-state index < -0.39 is 5.60 Å². The molecule has 1 saturated carbocycles. The molecule has 18 heavy (non-hydrogen) atoms. The van der Waals surface area contributed by atoms with Crippen molar-refractivity contribution >= 4 is 0 Å². The van der Waals surface area contributed by atoms with Gasteiger partial charge in [0.25, 0.3) is 0 Å². The van der Waals surface area contributed by atoms with Gasteiger partial charge >= 0.3 is 0 Å². The molecule has 1 fully saturated rings. The van der Waals surface area contributed by atoms with Gasteiger partial charge in [0.1, 0.15) is 0 Å². The van der Waals surface area contributed by atoms with E-state index in [4.69, 9.17) is 4.74 Å². The fourth-order valence-corrected chi connectivity index (χ4v) is 3.10. The van der Waals surface area contributed by atoms with Crippen LogP contribution in [0.15, 0.2) is 12.1 Å². The summed E-state index contributed by atoms with van der Waals surface area (Å²) in [6.07, 6.45) is 2.56. The Balaban J connectivity index is 2.07. The largest absolute Gasteiger partial charge is 0.389 e. The first-order valence-electron chi connectivity index (χ1n) is 6.84. The summed E-state index contributed by atoms with van der Waals surface area (Å²) >= 11 is 0. The summed E-state index contributed by atoms with van der Waals surface area (Å²) in [4.78, 5) is 0. The lowest BCUT2D eigenvalue weighted by molar-refractivity contribution is -0.136. The SMILES string of the molecule is CCOC1CC(O)(Cc2c(C)cc(C)cc2C)C1. The second-order valence-electron chi connectivity index (χ2n) is 5.76. The molecule has 0 unspecified atom stereocenters. The third-order valence-corrected chi connectivity index (χ3v) is 3.96. The molecule has 0 amide bonds. The molecule has 0 bridgehead atoms. The van der Waals surface area contributed by atoms with E-state index in [1.807, 2.05) is 6.92 Å². The van der Waals surface area contributed by atoms with Gasteiger partial charge in [-0.2, -0.15) is 0 Å². The molecule has 1 aromatic rings. The second kappa shape index (κ2) is 5.02. The minimum Gasteiger partial charge on any atom is -0.389 e. The van der Waals surface area contributed by atoms with Crippen LogP contribution in [-0.2, 0) is 11.2 Å². The highest BCUT2D eigenvalue weighted by atomic mass is 16.5. The van der Waals surface area contributed by atoms with Gasteiger partial charge in [0.2, 0.25) is 0 Å². The Hall–Kier alpha value is -0.860. The number of benzene rings is 1. The van der Waals surface area contributed by atoms with Crippen molar-refractivity contribution in [1.29, 1.82) is 0 Å². The van der Waals surface area contributed by atoms with Crippen molar-refractivity contribution in [3.8, 4) is 0 Å². The summed E-state index contributed by atoms with van der Waals surface area (Å²) in [6, 6.07) is 4.40. The van der Waals surface area contributed by atoms with Crippen molar-refractivity contribution in [3.05, 3.63) is 34.4 Å². The first-order chi connectivity index (χ1) is 8.43. The third kappa shape index (κ3) is 2.76. The molecule has 2 heteroatoms. The topological polar surface area (TPSA) is 29.5 Å². The van der Waals surface area contributed by atoms with Crippen LogP contribution in [0.4, 0.5) is 0 Å². The molecule has 0 aromatic heterocycles. The standard InChI is InChI=1S/C16H24O2/c1-5-18-14-8-16(17,9-14)10-15-12(3)6-11(2)7-13(15)4/h6-7,14,17H,5,8-10H2,1-4H3. The molecule has 1 N–H and O–H groups in total. The number of aryl methyl sites for hydroxylation is 3. The maximum absolute atomic E-state index is 10.5. The zero-order valence-corrected chi connectivity index (χ0v) is 11.9. The number of hydrogen-bond acceptors (Lipinski definition) is 2. The van der Waals surface area contributed by atoms with Crippen molar-refractivity contribution in [1.82, 2.24) is 0 Å². The van der Waals surface area contributed by atoms with E-state index in [-0.39, 0.29) is 6.10 Å². The van der Waals surface area contributed by atoms with Crippen LogP contribution in [0, 0.1) is 20.8 Å². The molecule has 0 saturated heterocycles. The van der Waals surface area contributed by atoms with Crippen molar-refractivity contribution in [2.24, 2.45) is 0 Å². The smallest absolute Gasteiger partial charge is 0.0737 e. The third-order valence-electron chi connectivity index (χ3n) is 3.96. The highest BCUT2D eigenvalue weighted by molar-refractivity contribution is 5.38. The van der Waals surface area contributed by atoms with Gasteiger partial charge in [0, 0.05) is 25.9 Å². The molecule has 2 rings (SSSR count). The fraction of sp³-hybridized carbons (Fsp3) is 0.625. The molecule has 1 aromatic carbocycles. The summed E-state index contributed by atoms with van der Waals surface area (Å²) in [5, 5.41) is 10.5. The van der Waals surface area contributed by atoms with Gasteiger partial charge in [-0.1, -0.05) is 17.7 Å². The monoisotopic (exact) mass is 248 g/mol. The Labute approximate surface area is 110 Å². The molecule has 0 heterocycles.